The summed E-state index contributed by atoms with van der Waals surface area (Å²) in [5.74, 6) is 0.276. The number of benzene rings is 1. The molecule has 1 aromatic carbocycles. The van der Waals surface area contributed by atoms with Gasteiger partial charge in [0, 0.05) is 12.1 Å². The van der Waals surface area contributed by atoms with Crippen LogP contribution in [0.25, 0.3) is 0 Å². The summed E-state index contributed by atoms with van der Waals surface area (Å²) < 4.78 is 4.95. The Morgan fingerprint density at radius 1 is 1.60 bits per heavy atom. The highest BCUT2D eigenvalue weighted by atomic mass is 16.6. The van der Waals surface area contributed by atoms with E-state index in [4.69, 9.17) is 10.5 Å². The van der Waals surface area contributed by atoms with Crippen LogP contribution in [-0.4, -0.2) is 18.1 Å². The molecule has 0 saturated heterocycles. The van der Waals surface area contributed by atoms with Crippen LogP contribution in [0.1, 0.15) is 12.5 Å². The molecular formula is C10H14N2O3. The molecule has 0 aliphatic carbocycles. The van der Waals surface area contributed by atoms with Crippen LogP contribution in [0.4, 0.5) is 5.69 Å². The first-order valence-corrected chi connectivity index (χ1v) is 4.61. The highest BCUT2D eigenvalue weighted by Gasteiger charge is 2.14. The maximum Gasteiger partial charge on any atom is 0.310 e. The van der Waals surface area contributed by atoms with Gasteiger partial charge < -0.3 is 10.5 Å². The maximum absolute atomic E-state index is 10.6. The van der Waals surface area contributed by atoms with Crippen LogP contribution < -0.4 is 10.5 Å². The van der Waals surface area contributed by atoms with E-state index in [-0.39, 0.29) is 17.5 Å². The first-order valence-electron chi connectivity index (χ1n) is 4.61. The molecule has 0 bridgehead atoms. The minimum atomic E-state index is -0.464. The molecule has 2 N–H and O–H groups in total. The zero-order chi connectivity index (χ0) is 11.4. The van der Waals surface area contributed by atoms with E-state index in [1.54, 1.807) is 12.1 Å². The smallest absolute Gasteiger partial charge is 0.310 e. The Balaban J connectivity index is 3.02. The van der Waals surface area contributed by atoms with E-state index >= 15 is 0 Å². The average Bonchev–Trinajstić information content (AvgIpc) is 2.16. The van der Waals surface area contributed by atoms with Crippen molar-refractivity contribution in [2.45, 2.75) is 19.4 Å². The summed E-state index contributed by atoms with van der Waals surface area (Å²) in [7, 11) is 1.41. The average molecular weight is 210 g/mol. The molecule has 0 aliphatic rings. The number of rotatable bonds is 4. The lowest BCUT2D eigenvalue weighted by Gasteiger charge is -2.07. The van der Waals surface area contributed by atoms with Gasteiger partial charge in [-0.15, -0.1) is 0 Å². The van der Waals surface area contributed by atoms with Crippen molar-refractivity contribution in [1.82, 2.24) is 0 Å². The van der Waals surface area contributed by atoms with Crippen LogP contribution in [0, 0.1) is 10.1 Å². The van der Waals surface area contributed by atoms with E-state index in [0.717, 1.165) is 5.56 Å². The first kappa shape index (κ1) is 11.5. The molecule has 1 rings (SSSR count). The number of methoxy groups -OCH3 is 1. The largest absolute Gasteiger partial charge is 0.490 e. The van der Waals surface area contributed by atoms with Gasteiger partial charge in [0.1, 0.15) is 0 Å². The molecule has 82 valence electrons. The molecule has 0 unspecified atom stereocenters. The highest BCUT2D eigenvalue weighted by Crippen LogP contribution is 2.27. The molecule has 0 radical (unpaired) electrons. The normalized spacial score (nSPS) is 12.2. The molecule has 5 nitrogen and oxygen atoms in total. The maximum atomic E-state index is 10.6. The molecule has 1 atom stereocenters. The molecule has 0 amide bonds. The van der Waals surface area contributed by atoms with E-state index in [2.05, 4.69) is 0 Å². The summed E-state index contributed by atoms with van der Waals surface area (Å²) in [5.41, 5.74) is 6.55. The summed E-state index contributed by atoms with van der Waals surface area (Å²) in [6.07, 6.45) is 0.675. The molecule has 15 heavy (non-hydrogen) atoms. The topological polar surface area (TPSA) is 78.4 Å². The molecule has 0 aromatic heterocycles. The van der Waals surface area contributed by atoms with Crippen LogP contribution in [-0.2, 0) is 6.42 Å². The molecule has 0 spiro atoms. The van der Waals surface area contributed by atoms with Crippen molar-refractivity contribution in [3.63, 3.8) is 0 Å². The lowest BCUT2D eigenvalue weighted by Crippen LogP contribution is -2.17. The van der Waals surface area contributed by atoms with Crippen molar-refractivity contribution in [2.24, 2.45) is 5.73 Å². The Morgan fingerprint density at radius 2 is 2.27 bits per heavy atom. The van der Waals surface area contributed by atoms with Crippen molar-refractivity contribution in [3.8, 4) is 5.75 Å². The molecular weight excluding hydrogens is 196 g/mol. The van der Waals surface area contributed by atoms with Crippen molar-refractivity contribution in [2.75, 3.05) is 7.11 Å². The Labute approximate surface area is 88.0 Å². The molecule has 0 fully saturated rings. The minimum Gasteiger partial charge on any atom is -0.490 e. The van der Waals surface area contributed by atoms with Crippen molar-refractivity contribution in [1.29, 1.82) is 0 Å². The zero-order valence-electron chi connectivity index (χ0n) is 8.77. The van der Waals surface area contributed by atoms with E-state index in [1.165, 1.54) is 13.2 Å². The summed E-state index contributed by atoms with van der Waals surface area (Å²) in [5, 5.41) is 10.6. The molecule has 0 aliphatic heterocycles. The fourth-order valence-corrected chi connectivity index (χ4v) is 1.37. The van der Waals surface area contributed by atoms with Crippen LogP contribution in [0.2, 0.25) is 0 Å². The van der Waals surface area contributed by atoms with E-state index in [1.807, 2.05) is 6.92 Å². The quantitative estimate of drug-likeness (QED) is 0.603. The number of nitro groups is 1. The zero-order valence-corrected chi connectivity index (χ0v) is 8.77. The Hall–Kier alpha value is -1.62. The molecule has 0 heterocycles. The third kappa shape index (κ3) is 2.92. The third-order valence-electron chi connectivity index (χ3n) is 2.00. The van der Waals surface area contributed by atoms with Gasteiger partial charge in [0.15, 0.2) is 5.75 Å². The van der Waals surface area contributed by atoms with Gasteiger partial charge in [0.2, 0.25) is 0 Å². The predicted octanol–water partition coefficient (Wildman–Crippen LogP) is 1.49. The number of hydrogen-bond acceptors (Lipinski definition) is 4. The van der Waals surface area contributed by atoms with Crippen molar-refractivity contribution < 1.29 is 9.66 Å². The highest BCUT2D eigenvalue weighted by molar-refractivity contribution is 5.48. The lowest BCUT2D eigenvalue weighted by atomic mass is 10.1. The van der Waals surface area contributed by atoms with Gasteiger partial charge in [-0.25, -0.2) is 0 Å². The summed E-state index contributed by atoms with van der Waals surface area (Å²) in [6, 6.07) is 4.82. The van der Waals surface area contributed by atoms with Gasteiger partial charge in [0.25, 0.3) is 0 Å². The fourth-order valence-electron chi connectivity index (χ4n) is 1.37. The Morgan fingerprint density at radius 3 is 2.73 bits per heavy atom. The van der Waals surface area contributed by atoms with Gasteiger partial charge in [-0.3, -0.25) is 10.1 Å². The number of ether oxygens (including phenoxy) is 1. The van der Waals surface area contributed by atoms with Gasteiger partial charge in [-0.1, -0.05) is 6.07 Å². The molecule has 5 heteroatoms. The standard InChI is InChI=1S/C10H14N2O3/c1-7(11)5-8-3-4-9(12(13)14)10(6-8)15-2/h3-4,6-7H,5,11H2,1-2H3/t7-/m0/s1. The minimum absolute atomic E-state index is 0.0223. The number of nitrogens with zero attached hydrogens (tertiary/aromatic N) is 1. The second-order valence-electron chi connectivity index (χ2n) is 3.44. The fraction of sp³-hybridized carbons (Fsp3) is 0.400. The molecule has 0 saturated carbocycles. The number of nitro benzene ring substituents is 1. The second-order valence-corrected chi connectivity index (χ2v) is 3.44. The lowest BCUT2D eigenvalue weighted by molar-refractivity contribution is -0.385. The predicted molar refractivity (Wildman–Crippen MR) is 57.0 cm³/mol. The van der Waals surface area contributed by atoms with Crippen molar-refractivity contribution >= 4 is 5.69 Å². The van der Waals surface area contributed by atoms with Crippen LogP contribution in [0.5, 0.6) is 5.75 Å². The summed E-state index contributed by atoms with van der Waals surface area (Å²) >= 11 is 0. The molecule has 1 aromatic rings. The van der Waals surface area contributed by atoms with Crippen LogP contribution in [0.3, 0.4) is 0 Å². The SMILES string of the molecule is COc1cc(C[C@H](C)N)ccc1[N+](=O)[O-]. The Bertz CT molecular complexity index is 364. The van der Waals surface area contributed by atoms with E-state index in [9.17, 15) is 10.1 Å². The number of hydrogen-bond donors (Lipinski definition) is 1. The van der Waals surface area contributed by atoms with Gasteiger partial charge in [-0.2, -0.15) is 0 Å². The second kappa shape index (κ2) is 4.75. The monoisotopic (exact) mass is 210 g/mol. The van der Waals surface area contributed by atoms with Gasteiger partial charge >= 0.3 is 5.69 Å². The van der Waals surface area contributed by atoms with Gasteiger partial charge in [0.05, 0.1) is 12.0 Å². The van der Waals surface area contributed by atoms with Crippen LogP contribution >= 0.6 is 0 Å². The van der Waals surface area contributed by atoms with E-state index < -0.39 is 4.92 Å². The van der Waals surface area contributed by atoms with E-state index in [0.29, 0.717) is 6.42 Å². The van der Waals surface area contributed by atoms with Crippen LogP contribution in [0.15, 0.2) is 18.2 Å². The van der Waals surface area contributed by atoms with Gasteiger partial charge in [-0.05, 0) is 25.0 Å². The summed E-state index contributed by atoms with van der Waals surface area (Å²) in [6.45, 7) is 1.88. The summed E-state index contributed by atoms with van der Waals surface area (Å²) in [4.78, 5) is 10.2. The third-order valence-corrected chi connectivity index (χ3v) is 2.00. The first-order chi connectivity index (χ1) is 7.04. The Kier molecular flexibility index (Phi) is 3.62. The van der Waals surface area contributed by atoms with Crippen molar-refractivity contribution in [3.05, 3.63) is 33.9 Å². The number of nitrogens with two attached hydrogens (primary N) is 1.